The summed E-state index contributed by atoms with van der Waals surface area (Å²) in [6, 6.07) is 3.37. The molecule has 0 saturated heterocycles. The molecule has 1 aromatic heterocycles. The van der Waals surface area contributed by atoms with Gasteiger partial charge in [0.1, 0.15) is 0 Å². The molecule has 0 radical (unpaired) electrons. The summed E-state index contributed by atoms with van der Waals surface area (Å²) in [6.07, 6.45) is 5.33. The molecule has 1 aromatic rings. The van der Waals surface area contributed by atoms with E-state index in [4.69, 9.17) is 5.73 Å². The van der Waals surface area contributed by atoms with Crippen LogP contribution >= 0.6 is 0 Å². The first-order valence-electron chi connectivity index (χ1n) is 6.82. The summed E-state index contributed by atoms with van der Waals surface area (Å²) < 4.78 is 0. The second kappa shape index (κ2) is 6.63. The molecule has 0 aromatic carbocycles. The lowest BCUT2D eigenvalue weighted by Gasteiger charge is -2.27. The molecule has 1 saturated carbocycles. The van der Waals surface area contributed by atoms with Crippen LogP contribution in [0.3, 0.4) is 0 Å². The van der Waals surface area contributed by atoms with Crippen LogP contribution in [0.1, 0.15) is 41.7 Å². The first-order valence-corrected chi connectivity index (χ1v) is 6.82. The van der Waals surface area contributed by atoms with Gasteiger partial charge in [0.05, 0.1) is 11.8 Å². The van der Waals surface area contributed by atoms with Crippen LogP contribution in [0.2, 0.25) is 0 Å². The Labute approximate surface area is 113 Å². The number of hydrogen-bond acceptors (Lipinski definition) is 4. The average Bonchev–Trinajstić information content (AvgIpc) is 2.46. The zero-order valence-corrected chi connectivity index (χ0v) is 11.0. The molecule has 5 heteroatoms. The summed E-state index contributed by atoms with van der Waals surface area (Å²) in [5.74, 6) is 0.0448. The van der Waals surface area contributed by atoms with Gasteiger partial charge in [-0.2, -0.15) is 0 Å². The summed E-state index contributed by atoms with van der Waals surface area (Å²) in [5, 5.41) is 12.7. The topological polar surface area (TPSA) is 88.2 Å². The molecule has 0 spiro atoms. The number of rotatable bonds is 4. The standard InChI is InChI=1S/C14H21N3O2/c15-8-12-7-10(5-6-16-12)14(19)17-9-11-3-1-2-4-13(11)18/h5-7,11,13,18H,1-4,8-9,15H2,(H,17,19). The Morgan fingerprint density at radius 3 is 3.00 bits per heavy atom. The Morgan fingerprint density at radius 2 is 2.26 bits per heavy atom. The highest BCUT2D eigenvalue weighted by atomic mass is 16.3. The predicted octanol–water partition coefficient (Wildman–Crippen LogP) is 0.821. The smallest absolute Gasteiger partial charge is 0.251 e. The van der Waals surface area contributed by atoms with Gasteiger partial charge in [0.15, 0.2) is 0 Å². The Hall–Kier alpha value is -1.46. The Morgan fingerprint density at radius 1 is 1.47 bits per heavy atom. The second-order valence-electron chi connectivity index (χ2n) is 5.06. The van der Waals surface area contributed by atoms with Gasteiger partial charge in [-0.15, -0.1) is 0 Å². The lowest BCUT2D eigenvalue weighted by Crippen LogP contribution is -2.36. The zero-order chi connectivity index (χ0) is 13.7. The predicted molar refractivity (Wildman–Crippen MR) is 72.4 cm³/mol. The number of pyridine rings is 1. The van der Waals surface area contributed by atoms with Gasteiger partial charge < -0.3 is 16.2 Å². The fourth-order valence-corrected chi connectivity index (χ4v) is 2.48. The quantitative estimate of drug-likeness (QED) is 0.750. The molecular formula is C14H21N3O2. The molecule has 1 aliphatic carbocycles. The number of aliphatic hydroxyl groups is 1. The van der Waals surface area contributed by atoms with Crippen molar-refractivity contribution in [2.24, 2.45) is 11.7 Å². The molecule has 0 aliphatic heterocycles. The van der Waals surface area contributed by atoms with E-state index in [1.165, 1.54) is 0 Å². The number of aromatic nitrogens is 1. The monoisotopic (exact) mass is 263 g/mol. The maximum atomic E-state index is 12.0. The van der Waals surface area contributed by atoms with E-state index in [9.17, 15) is 9.90 Å². The number of nitrogens with one attached hydrogen (secondary N) is 1. The minimum atomic E-state index is -0.286. The van der Waals surface area contributed by atoms with Crippen molar-refractivity contribution in [1.82, 2.24) is 10.3 Å². The van der Waals surface area contributed by atoms with E-state index in [-0.39, 0.29) is 17.9 Å². The number of hydrogen-bond donors (Lipinski definition) is 3. The number of carbonyl (C=O) groups is 1. The molecule has 19 heavy (non-hydrogen) atoms. The van der Waals surface area contributed by atoms with Gasteiger partial charge >= 0.3 is 0 Å². The van der Waals surface area contributed by atoms with Crippen LogP contribution in [0.25, 0.3) is 0 Å². The average molecular weight is 263 g/mol. The SMILES string of the molecule is NCc1cc(C(=O)NCC2CCCCC2O)ccn1. The van der Waals surface area contributed by atoms with Gasteiger partial charge in [0, 0.05) is 30.8 Å². The van der Waals surface area contributed by atoms with Crippen molar-refractivity contribution >= 4 is 5.91 Å². The number of aliphatic hydroxyl groups excluding tert-OH is 1. The van der Waals surface area contributed by atoms with Crippen molar-refractivity contribution in [1.29, 1.82) is 0 Å². The van der Waals surface area contributed by atoms with E-state index in [0.717, 1.165) is 25.7 Å². The van der Waals surface area contributed by atoms with Crippen molar-refractivity contribution in [3.8, 4) is 0 Å². The third kappa shape index (κ3) is 3.75. The third-order valence-electron chi connectivity index (χ3n) is 3.68. The fourth-order valence-electron chi connectivity index (χ4n) is 2.48. The van der Waals surface area contributed by atoms with Crippen LogP contribution in [-0.2, 0) is 6.54 Å². The van der Waals surface area contributed by atoms with Gasteiger partial charge in [0.2, 0.25) is 0 Å². The maximum Gasteiger partial charge on any atom is 0.251 e. The van der Waals surface area contributed by atoms with E-state index in [2.05, 4.69) is 10.3 Å². The van der Waals surface area contributed by atoms with Crippen LogP contribution < -0.4 is 11.1 Å². The first-order chi connectivity index (χ1) is 9.20. The zero-order valence-electron chi connectivity index (χ0n) is 11.0. The minimum absolute atomic E-state index is 0.130. The highest BCUT2D eigenvalue weighted by Crippen LogP contribution is 2.23. The third-order valence-corrected chi connectivity index (χ3v) is 3.68. The van der Waals surface area contributed by atoms with Crippen molar-refractivity contribution in [3.05, 3.63) is 29.6 Å². The van der Waals surface area contributed by atoms with Gasteiger partial charge in [-0.1, -0.05) is 12.8 Å². The summed E-state index contributed by atoms with van der Waals surface area (Å²) >= 11 is 0. The van der Waals surface area contributed by atoms with Crippen LogP contribution in [0.5, 0.6) is 0 Å². The highest BCUT2D eigenvalue weighted by molar-refractivity contribution is 5.94. The molecule has 4 N–H and O–H groups in total. The molecule has 1 amide bonds. The summed E-state index contributed by atoms with van der Waals surface area (Å²) in [7, 11) is 0. The maximum absolute atomic E-state index is 12.0. The number of amides is 1. The Balaban J connectivity index is 1.89. The number of nitrogens with two attached hydrogens (primary N) is 1. The molecule has 5 nitrogen and oxygen atoms in total. The van der Waals surface area contributed by atoms with Gasteiger partial charge in [-0.3, -0.25) is 9.78 Å². The molecule has 0 bridgehead atoms. The highest BCUT2D eigenvalue weighted by Gasteiger charge is 2.23. The van der Waals surface area contributed by atoms with Gasteiger partial charge in [0.25, 0.3) is 5.91 Å². The minimum Gasteiger partial charge on any atom is -0.393 e. The lowest BCUT2D eigenvalue weighted by molar-refractivity contribution is 0.0663. The van der Waals surface area contributed by atoms with Crippen molar-refractivity contribution in [2.75, 3.05) is 6.54 Å². The van der Waals surface area contributed by atoms with Crippen molar-refractivity contribution < 1.29 is 9.90 Å². The van der Waals surface area contributed by atoms with Gasteiger partial charge in [-0.05, 0) is 25.0 Å². The molecule has 2 unspecified atom stereocenters. The van der Waals surface area contributed by atoms with Crippen molar-refractivity contribution in [2.45, 2.75) is 38.3 Å². The summed E-state index contributed by atoms with van der Waals surface area (Å²) in [4.78, 5) is 16.1. The Bertz CT molecular complexity index is 436. The molecule has 2 rings (SSSR count). The Kier molecular flexibility index (Phi) is 4.87. The summed E-state index contributed by atoms with van der Waals surface area (Å²) in [6.45, 7) is 0.850. The molecule has 1 fully saturated rings. The lowest BCUT2D eigenvalue weighted by atomic mass is 9.86. The summed E-state index contributed by atoms with van der Waals surface area (Å²) in [5.41, 5.74) is 6.77. The molecular weight excluding hydrogens is 242 g/mol. The number of carbonyl (C=O) groups excluding carboxylic acids is 1. The van der Waals surface area contributed by atoms with E-state index in [0.29, 0.717) is 24.3 Å². The van der Waals surface area contributed by atoms with Gasteiger partial charge in [-0.25, -0.2) is 0 Å². The fraction of sp³-hybridized carbons (Fsp3) is 0.571. The first kappa shape index (κ1) is 14.0. The van der Waals surface area contributed by atoms with Crippen LogP contribution in [0.4, 0.5) is 0 Å². The molecule has 104 valence electrons. The number of nitrogens with zero attached hydrogens (tertiary/aromatic N) is 1. The largest absolute Gasteiger partial charge is 0.393 e. The van der Waals surface area contributed by atoms with Crippen LogP contribution in [-0.4, -0.2) is 28.6 Å². The van der Waals surface area contributed by atoms with Crippen LogP contribution in [0.15, 0.2) is 18.3 Å². The molecule has 1 heterocycles. The van der Waals surface area contributed by atoms with E-state index < -0.39 is 0 Å². The molecule has 2 atom stereocenters. The van der Waals surface area contributed by atoms with Crippen LogP contribution in [0, 0.1) is 5.92 Å². The normalized spacial score (nSPS) is 23.1. The van der Waals surface area contributed by atoms with E-state index >= 15 is 0 Å². The second-order valence-corrected chi connectivity index (χ2v) is 5.06. The molecule has 1 aliphatic rings. The van der Waals surface area contributed by atoms with Crippen molar-refractivity contribution in [3.63, 3.8) is 0 Å². The van der Waals surface area contributed by atoms with E-state index in [1.807, 2.05) is 0 Å². The van der Waals surface area contributed by atoms with E-state index in [1.54, 1.807) is 18.3 Å².